The fourth-order valence-corrected chi connectivity index (χ4v) is 3.36. The minimum atomic E-state index is -0.142. The molecule has 3 aromatic rings. The zero-order chi connectivity index (χ0) is 19.7. The average Bonchev–Trinajstić information content (AvgIpc) is 3.38. The molecule has 28 heavy (non-hydrogen) atoms. The molecular formula is C21H22N4O3. The summed E-state index contributed by atoms with van der Waals surface area (Å²) >= 11 is 0. The van der Waals surface area contributed by atoms with Crippen molar-refractivity contribution in [2.45, 2.75) is 13.8 Å². The van der Waals surface area contributed by atoms with Crippen LogP contribution in [-0.4, -0.2) is 57.6 Å². The highest BCUT2D eigenvalue weighted by Crippen LogP contribution is 2.16. The molecule has 0 saturated carbocycles. The van der Waals surface area contributed by atoms with E-state index < -0.39 is 0 Å². The molecule has 7 nitrogen and oxygen atoms in total. The van der Waals surface area contributed by atoms with E-state index in [-0.39, 0.29) is 11.8 Å². The number of hydrogen-bond acceptors (Lipinski definition) is 4. The van der Waals surface area contributed by atoms with E-state index in [0.717, 1.165) is 11.4 Å². The van der Waals surface area contributed by atoms with E-state index in [4.69, 9.17) is 4.42 Å². The molecule has 0 aliphatic carbocycles. The standard InChI is InChI=1S/C21H22N4O3/c1-15-5-7-17(8-6-15)25-16(2)14-18(22-25)20(26)23-9-11-24(12-10-23)21(27)19-4-3-13-28-19/h3-8,13-14H,9-12H2,1-2H3. The van der Waals surface area contributed by atoms with Gasteiger partial charge in [-0.2, -0.15) is 5.10 Å². The lowest BCUT2D eigenvalue weighted by Crippen LogP contribution is -2.50. The minimum Gasteiger partial charge on any atom is -0.459 e. The lowest BCUT2D eigenvalue weighted by molar-refractivity contribution is 0.0515. The van der Waals surface area contributed by atoms with Crippen molar-refractivity contribution >= 4 is 11.8 Å². The first-order chi connectivity index (χ1) is 13.5. The molecular weight excluding hydrogens is 356 g/mol. The van der Waals surface area contributed by atoms with Gasteiger partial charge in [0.1, 0.15) is 0 Å². The van der Waals surface area contributed by atoms with E-state index in [1.165, 1.54) is 11.8 Å². The summed E-state index contributed by atoms with van der Waals surface area (Å²) in [7, 11) is 0. The number of carbonyl (C=O) groups is 2. The molecule has 0 spiro atoms. The van der Waals surface area contributed by atoms with Crippen molar-refractivity contribution in [3.05, 3.63) is 71.4 Å². The van der Waals surface area contributed by atoms with Crippen LogP contribution in [-0.2, 0) is 0 Å². The van der Waals surface area contributed by atoms with Crippen molar-refractivity contribution < 1.29 is 14.0 Å². The van der Waals surface area contributed by atoms with E-state index in [1.807, 2.05) is 44.2 Å². The molecule has 2 amide bonds. The van der Waals surface area contributed by atoms with Crippen LogP contribution < -0.4 is 0 Å². The fraction of sp³-hybridized carbons (Fsp3) is 0.286. The Balaban J connectivity index is 1.44. The van der Waals surface area contributed by atoms with Gasteiger partial charge in [-0.25, -0.2) is 4.68 Å². The molecule has 3 heterocycles. The summed E-state index contributed by atoms with van der Waals surface area (Å²) in [5, 5.41) is 4.51. The molecule has 1 aromatic carbocycles. The lowest BCUT2D eigenvalue weighted by Gasteiger charge is -2.33. The number of rotatable bonds is 3. The van der Waals surface area contributed by atoms with Crippen LogP contribution in [0.4, 0.5) is 0 Å². The number of piperazine rings is 1. The second kappa shape index (κ2) is 7.34. The Hall–Kier alpha value is -3.35. The average molecular weight is 378 g/mol. The number of nitrogens with zero attached hydrogens (tertiary/aromatic N) is 4. The maximum atomic E-state index is 12.9. The van der Waals surface area contributed by atoms with Gasteiger partial charge in [0, 0.05) is 31.9 Å². The second-order valence-corrected chi connectivity index (χ2v) is 6.98. The molecule has 1 saturated heterocycles. The maximum absolute atomic E-state index is 12.9. The summed E-state index contributed by atoms with van der Waals surface area (Å²) in [6.45, 7) is 5.86. The maximum Gasteiger partial charge on any atom is 0.289 e. The number of furan rings is 1. The van der Waals surface area contributed by atoms with Crippen LogP contribution >= 0.6 is 0 Å². The Kier molecular flexibility index (Phi) is 4.73. The number of hydrogen-bond donors (Lipinski definition) is 0. The molecule has 2 aromatic heterocycles. The van der Waals surface area contributed by atoms with Crippen LogP contribution in [0.1, 0.15) is 32.3 Å². The third-order valence-electron chi connectivity index (χ3n) is 4.97. The molecule has 1 aliphatic heterocycles. The van der Waals surface area contributed by atoms with Crippen molar-refractivity contribution in [2.24, 2.45) is 0 Å². The third-order valence-corrected chi connectivity index (χ3v) is 4.97. The molecule has 1 aliphatic rings. The molecule has 0 unspecified atom stereocenters. The van der Waals surface area contributed by atoms with Crippen LogP contribution in [0.2, 0.25) is 0 Å². The van der Waals surface area contributed by atoms with Crippen molar-refractivity contribution in [1.82, 2.24) is 19.6 Å². The zero-order valence-corrected chi connectivity index (χ0v) is 16.0. The van der Waals surface area contributed by atoms with Crippen molar-refractivity contribution in [2.75, 3.05) is 26.2 Å². The van der Waals surface area contributed by atoms with E-state index in [9.17, 15) is 9.59 Å². The van der Waals surface area contributed by atoms with Crippen molar-refractivity contribution in [3.8, 4) is 5.69 Å². The van der Waals surface area contributed by atoms with Gasteiger partial charge in [0.05, 0.1) is 12.0 Å². The van der Waals surface area contributed by atoms with E-state index in [1.54, 1.807) is 26.6 Å². The van der Waals surface area contributed by atoms with Gasteiger partial charge in [-0.05, 0) is 44.2 Å². The summed E-state index contributed by atoms with van der Waals surface area (Å²) in [5.74, 6) is 0.0721. The summed E-state index contributed by atoms with van der Waals surface area (Å²) in [6, 6.07) is 13.2. The Bertz CT molecular complexity index is 981. The van der Waals surface area contributed by atoms with Gasteiger partial charge in [-0.15, -0.1) is 0 Å². The zero-order valence-electron chi connectivity index (χ0n) is 16.0. The van der Waals surface area contributed by atoms with Gasteiger partial charge in [0.25, 0.3) is 11.8 Å². The van der Waals surface area contributed by atoms with Gasteiger partial charge in [-0.1, -0.05) is 17.7 Å². The minimum absolute atomic E-state index is 0.112. The predicted molar refractivity (Wildman–Crippen MR) is 104 cm³/mol. The molecule has 0 atom stereocenters. The number of aryl methyl sites for hydroxylation is 2. The molecule has 4 rings (SSSR count). The van der Waals surface area contributed by atoms with E-state index in [0.29, 0.717) is 37.6 Å². The number of carbonyl (C=O) groups excluding carboxylic acids is 2. The summed E-state index contributed by atoms with van der Waals surface area (Å²) in [4.78, 5) is 28.7. The quantitative estimate of drug-likeness (QED) is 0.703. The molecule has 7 heteroatoms. The Morgan fingerprint density at radius 2 is 1.57 bits per heavy atom. The summed E-state index contributed by atoms with van der Waals surface area (Å²) in [5.41, 5.74) is 3.42. The third kappa shape index (κ3) is 3.43. The second-order valence-electron chi connectivity index (χ2n) is 6.98. The number of amides is 2. The highest BCUT2D eigenvalue weighted by Gasteiger charge is 2.28. The molecule has 1 fully saturated rings. The van der Waals surface area contributed by atoms with Crippen molar-refractivity contribution in [1.29, 1.82) is 0 Å². The topological polar surface area (TPSA) is 71.6 Å². The Labute approximate surface area is 163 Å². The van der Waals surface area contributed by atoms with Gasteiger partial charge in [0.2, 0.25) is 0 Å². The molecule has 0 bridgehead atoms. The Morgan fingerprint density at radius 3 is 2.18 bits per heavy atom. The van der Waals surface area contributed by atoms with Crippen LogP contribution in [0.25, 0.3) is 5.69 Å². The molecule has 144 valence electrons. The first kappa shape index (κ1) is 18.0. The van der Waals surface area contributed by atoms with Crippen LogP contribution in [0.5, 0.6) is 0 Å². The van der Waals surface area contributed by atoms with Gasteiger partial charge in [0.15, 0.2) is 11.5 Å². The van der Waals surface area contributed by atoms with E-state index in [2.05, 4.69) is 5.10 Å². The van der Waals surface area contributed by atoms with Gasteiger partial charge >= 0.3 is 0 Å². The van der Waals surface area contributed by atoms with E-state index >= 15 is 0 Å². The van der Waals surface area contributed by atoms with Crippen LogP contribution in [0.3, 0.4) is 0 Å². The highest BCUT2D eigenvalue weighted by atomic mass is 16.3. The molecule has 0 N–H and O–H groups in total. The monoisotopic (exact) mass is 378 g/mol. The van der Waals surface area contributed by atoms with Gasteiger partial charge < -0.3 is 14.2 Å². The van der Waals surface area contributed by atoms with Gasteiger partial charge in [-0.3, -0.25) is 9.59 Å². The smallest absolute Gasteiger partial charge is 0.289 e. The SMILES string of the molecule is Cc1ccc(-n2nc(C(=O)N3CCN(C(=O)c4ccco4)CC3)cc2C)cc1. The first-order valence-electron chi connectivity index (χ1n) is 9.29. The lowest BCUT2D eigenvalue weighted by atomic mass is 10.2. The summed E-state index contributed by atoms with van der Waals surface area (Å²) in [6.07, 6.45) is 1.49. The fourth-order valence-electron chi connectivity index (χ4n) is 3.36. The first-order valence-corrected chi connectivity index (χ1v) is 9.29. The van der Waals surface area contributed by atoms with Crippen LogP contribution in [0, 0.1) is 13.8 Å². The predicted octanol–water partition coefficient (Wildman–Crippen LogP) is 2.68. The number of benzene rings is 1. The largest absolute Gasteiger partial charge is 0.459 e. The summed E-state index contributed by atoms with van der Waals surface area (Å²) < 4.78 is 6.95. The number of aromatic nitrogens is 2. The normalized spacial score (nSPS) is 14.4. The molecule has 0 radical (unpaired) electrons. The highest BCUT2D eigenvalue weighted by molar-refractivity contribution is 5.93. The van der Waals surface area contributed by atoms with Crippen LogP contribution in [0.15, 0.2) is 53.1 Å². The van der Waals surface area contributed by atoms with Crippen molar-refractivity contribution in [3.63, 3.8) is 0 Å². The Morgan fingerprint density at radius 1 is 0.929 bits per heavy atom.